The lowest BCUT2D eigenvalue weighted by Gasteiger charge is -2.27. The van der Waals surface area contributed by atoms with E-state index in [1.54, 1.807) is 17.1 Å². The molecule has 0 bridgehead atoms. The number of carbonyl (C=O) groups is 1. The minimum Gasteiger partial charge on any atom is -0.334 e. The van der Waals surface area contributed by atoms with Gasteiger partial charge in [0.25, 0.3) is 0 Å². The van der Waals surface area contributed by atoms with E-state index in [1.165, 1.54) is 18.5 Å². The van der Waals surface area contributed by atoms with Gasteiger partial charge in [0.2, 0.25) is 5.91 Å². The van der Waals surface area contributed by atoms with E-state index in [-0.39, 0.29) is 17.8 Å². The average molecular weight is 302 g/mol. The second kappa shape index (κ2) is 5.87. The summed E-state index contributed by atoms with van der Waals surface area (Å²) in [6.07, 6.45) is 3.80. The summed E-state index contributed by atoms with van der Waals surface area (Å²) in [5, 5.41) is 4.04. The van der Waals surface area contributed by atoms with E-state index in [0.717, 1.165) is 12.0 Å². The third-order valence-corrected chi connectivity index (χ3v) is 4.22. The number of aromatic nitrogens is 3. The zero-order valence-corrected chi connectivity index (χ0v) is 12.7. The topological polar surface area (TPSA) is 51.0 Å². The van der Waals surface area contributed by atoms with Crippen molar-refractivity contribution in [2.45, 2.75) is 32.4 Å². The van der Waals surface area contributed by atoms with Crippen molar-refractivity contribution in [3.63, 3.8) is 0 Å². The summed E-state index contributed by atoms with van der Waals surface area (Å²) in [7, 11) is 0. The molecule has 22 heavy (non-hydrogen) atoms. The van der Waals surface area contributed by atoms with Crippen molar-refractivity contribution in [3.8, 4) is 0 Å². The highest BCUT2D eigenvalue weighted by Crippen LogP contribution is 2.36. The molecule has 5 nitrogen and oxygen atoms in total. The van der Waals surface area contributed by atoms with Crippen LogP contribution in [0.5, 0.6) is 0 Å². The molecule has 116 valence electrons. The molecule has 0 aliphatic carbocycles. The van der Waals surface area contributed by atoms with Crippen LogP contribution >= 0.6 is 0 Å². The van der Waals surface area contributed by atoms with Gasteiger partial charge in [0.05, 0.1) is 6.04 Å². The molecule has 2 heterocycles. The summed E-state index contributed by atoms with van der Waals surface area (Å²) < 4.78 is 15.1. The summed E-state index contributed by atoms with van der Waals surface area (Å²) >= 11 is 0. The third kappa shape index (κ3) is 2.73. The molecular weight excluding hydrogens is 283 g/mol. The Kier molecular flexibility index (Phi) is 3.92. The lowest BCUT2D eigenvalue weighted by Crippen LogP contribution is -2.36. The van der Waals surface area contributed by atoms with Gasteiger partial charge in [-0.2, -0.15) is 5.10 Å². The van der Waals surface area contributed by atoms with Crippen LogP contribution in [0.4, 0.5) is 4.39 Å². The Bertz CT molecular complexity index is 658. The Morgan fingerprint density at radius 1 is 1.45 bits per heavy atom. The molecule has 2 aromatic rings. The van der Waals surface area contributed by atoms with Gasteiger partial charge in [-0.3, -0.25) is 4.79 Å². The number of carbonyl (C=O) groups excluding carboxylic acids is 1. The molecule has 3 atom stereocenters. The van der Waals surface area contributed by atoms with Crippen molar-refractivity contribution in [2.75, 3.05) is 6.54 Å². The van der Waals surface area contributed by atoms with Crippen LogP contribution in [0.2, 0.25) is 0 Å². The van der Waals surface area contributed by atoms with Gasteiger partial charge in [-0.25, -0.2) is 14.1 Å². The third-order valence-electron chi connectivity index (χ3n) is 4.22. The molecule has 6 heteroatoms. The number of hydrogen-bond donors (Lipinski definition) is 0. The van der Waals surface area contributed by atoms with Crippen molar-refractivity contribution >= 4 is 5.91 Å². The molecule has 3 unspecified atom stereocenters. The summed E-state index contributed by atoms with van der Waals surface area (Å²) in [4.78, 5) is 18.5. The van der Waals surface area contributed by atoms with Crippen molar-refractivity contribution in [1.29, 1.82) is 0 Å². The lowest BCUT2D eigenvalue weighted by atomic mass is 10.0. The van der Waals surface area contributed by atoms with Crippen LogP contribution in [-0.2, 0) is 4.79 Å². The standard InChI is InChI=1S/C16H19FN4O/c1-11-6-15(13-4-3-5-14(17)7-13)20(8-11)16(22)12(2)21-10-18-9-19-21/h3-5,7,9-12,15H,6,8H2,1-2H3. The van der Waals surface area contributed by atoms with Crippen molar-refractivity contribution in [3.05, 3.63) is 48.3 Å². The van der Waals surface area contributed by atoms with E-state index >= 15 is 0 Å². The smallest absolute Gasteiger partial charge is 0.247 e. The van der Waals surface area contributed by atoms with Crippen LogP contribution in [0.15, 0.2) is 36.9 Å². The van der Waals surface area contributed by atoms with E-state index in [1.807, 2.05) is 17.9 Å². The van der Waals surface area contributed by atoms with Gasteiger partial charge >= 0.3 is 0 Å². The highest BCUT2D eigenvalue weighted by molar-refractivity contribution is 5.80. The van der Waals surface area contributed by atoms with Crippen LogP contribution in [0.3, 0.4) is 0 Å². The predicted molar refractivity (Wildman–Crippen MR) is 79.4 cm³/mol. The van der Waals surface area contributed by atoms with E-state index in [0.29, 0.717) is 12.5 Å². The van der Waals surface area contributed by atoms with Crippen LogP contribution in [0.25, 0.3) is 0 Å². The van der Waals surface area contributed by atoms with Gasteiger partial charge in [-0.05, 0) is 37.0 Å². The zero-order valence-electron chi connectivity index (χ0n) is 12.7. The van der Waals surface area contributed by atoms with Crippen molar-refractivity contribution in [1.82, 2.24) is 19.7 Å². The number of amides is 1. The zero-order chi connectivity index (χ0) is 15.7. The Morgan fingerprint density at radius 2 is 2.27 bits per heavy atom. The first kappa shape index (κ1) is 14.7. The fourth-order valence-electron chi connectivity index (χ4n) is 3.09. The first-order valence-corrected chi connectivity index (χ1v) is 7.46. The quantitative estimate of drug-likeness (QED) is 0.875. The molecule has 1 aliphatic heterocycles. The average Bonchev–Trinajstić information content (AvgIpc) is 3.15. The van der Waals surface area contributed by atoms with Crippen LogP contribution in [-0.4, -0.2) is 32.1 Å². The van der Waals surface area contributed by atoms with Crippen LogP contribution < -0.4 is 0 Å². The van der Waals surface area contributed by atoms with Crippen LogP contribution in [0, 0.1) is 11.7 Å². The Morgan fingerprint density at radius 3 is 2.95 bits per heavy atom. The predicted octanol–water partition coefficient (Wildman–Crippen LogP) is 2.59. The Labute approximate surface area is 128 Å². The van der Waals surface area contributed by atoms with Gasteiger partial charge in [0.15, 0.2) is 0 Å². The number of halogens is 1. The lowest BCUT2D eigenvalue weighted by molar-refractivity contribution is -0.135. The largest absolute Gasteiger partial charge is 0.334 e. The van der Waals surface area contributed by atoms with Gasteiger partial charge in [-0.1, -0.05) is 19.1 Å². The van der Waals surface area contributed by atoms with Gasteiger partial charge in [0.1, 0.15) is 24.5 Å². The van der Waals surface area contributed by atoms with E-state index < -0.39 is 6.04 Å². The van der Waals surface area contributed by atoms with E-state index in [9.17, 15) is 9.18 Å². The monoisotopic (exact) mass is 302 g/mol. The molecule has 0 spiro atoms. The maximum absolute atomic E-state index is 13.5. The normalized spacial score (nSPS) is 22.8. The maximum atomic E-state index is 13.5. The van der Waals surface area contributed by atoms with Crippen molar-refractivity contribution in [2.24, 2.45) is 5.92 Å². The van der Waals surface area contributed by atoms with E-state index in [2.05, 4.69) is 17.0 Å². The first-order valence-electron chi connectivity index (χ1n) is 7.46. The van der Waals surface area contributed by atoms with Gasteiger partial charge in [-0.15, -0.1) is 0 Å². The second-order valence-corrected chi connectivity index (χ2v) is 5.95. The minimum atomic E-state index is -0.413. The SMILES string of the molecule is CC1CC(c2cccc(F)c2)N(C(=O)C(C)n2cncn2)C1. The molecule has 0 saturated carbocycles. The first-order chi connectivity index (χ1) is 10.6. The second-order valence-electron chi connectivity index (χ2n) is 5.95. The molecule has 1 aliphatic rings. The number of rotatable bonds is 3. The molecule has 1 amide bonds. The Balaban J connectivity index is 1.86. The van der Waals surface area contributed by atoms with E-state index in [4.69, 9.17) is 0 Å². The summed E-state index contributed by atoms with van der Waals surface area (Å²) in [5.41, 5.74) is 0.850. The number of likely N-dealkylation sites (tertiary alicyclic amines) is 1. The highest BCUT2D eigenvalue weighted by atomic mass is 19.1. The molecular formula is C16H19FN4O. The summed E-state index contributed by atoms with van der Waals surface area (Å²) in [5.74, 6) is 0.109. The van der Waals surface area contributed by atoms with Gasteiger partial charge < -0.3 is 4.90 Å². The Hall–Kier alpha value is -2.24. The van der Waals surface area contributed by atoms with Crippen LogP contribution in [0.1, 0.15) is 37.9 Å². The molecule has 1 aromatic carbocycles. The maximum Gasteiger partial charge on any atom is 0.247 e. The number of benzene rings is 1. The fourth-order valence-corrected chi connectivity index (χ4v) is 3.09. The highest BCUT2D eigenvalue weighted by Gasteiger charge is 2.36. The molecule has 0 radical (unpaired) electrons. The summed E-state index contributed by atoms with van der Waals surface area (Å²) in [6.45, 7) is 4.60. The van der Waals surface area contributed by atoms with Crippen molar-refractivity contribution < 1.29 is 9.18 Å². The molecule has 0 N–H and O–H groups in total. The fraction of sp³-hybridized carbons (Fsp3) is 0.438. The number of hydrogen-bond acceptors (Lipinski definition) is 3. The molecule has 1 saturated heterocycles. The number of nitrogens with zero attached hydrogens (tertiary/aromatic N) is 4. The molecule has 3 rings (SSSR count). The van der Waals surface area contributed by atoms with Gasteiger partial charge in [0, 0.05) is 6.54 Å². The minimum absolute atomic E-state index is 0.0101. The molecule has 1 aromatic heterocycles. The molecule has 1 fully saturated rings. The summed E-state index contributed by atoms with van der Waals surface area (Å²) in [6, 6.07) is 6.02.